The Labute approximate surface area is 182 Å². The quantitative estimate of drug-likeness (QED) is 0.535. The number of hydrogen-bond donors (Lipinski definition) is 3. The van der Waals surface area contributed by atoms with Crippen molar-refractivity contribution in [3.63, 3.8) is 0 Å². The van der Waals surface area contributed by atoms with Gasteiger partial charge in [-0.05, 0) is 49.7 Å². The molecule has 0 aliphatic heterocycles. The number of fused-ring (bicyclic) bond motifs is 1. The summed E-state index contributed by atoms with van der Waals surface area (Å²) in [6, 6.07) is 7.80. The van der Waals surface area contributed by atoms with Crippen LogP contribution in [-0.2, 0) is 16.0 Å². The zero-order valence-corrected chi connectivity index (χ0v) is 17.5. The molecule has 1 unspecified atom stereocenters. The molecule has 0 fully saturated rings. The van der Waals surface area contributed by atoms with Crippen molar-refractivity contribution in [1.82, 2.24) is 9.88 Å². The van der Waals surface area contributed by atoms with Gasteiger partial charge in [-0.1, -0.05) is 11.6 Å². The van der Waals surface area contributed by atoms with Crippen molar-refractivity contribution >= 4 is 40.3 Å². The number of aromatic nitrogens is 1. The van der Waals surface area contributed by atoms with Crippen LogP contribution in [0, 0.1) is 12.7 Å². The molecule has 0 bridgehead atoms. The van der Waals surface area contributed by atoms with Crippen LogP contribution in [0.1, 0.15) is 35.0 Å². The molecule has 1 aromatic heterocycles. The van der Waals surface area contributed by atoms with Gasteiger partial charge in [-0.3, -0.25) is 19.0 Å². The van der Waals surface area contributed by atoms with E-state index in [4.69, 9.17) is 16.7 Å². The minimum Gasteiger partial charge on any atom is -0.505 e. The first-order chi connectivity index (χ1) is 14.6. The largest absolute Gasteiger partial charge is 0.505 e. The lowest BCUT2D eigenvalue weighted by Gasteiger charge is -2.12. The van der Waals surface area contributed by atoms with E-state index in [0.29, 0.717) is 27.2 Å². The molecule has 0 aliphatic carbocycles. The highest BCUT2D eigenvalue weighted by Crippen LogP contribution is 2.32. The Bertz CT molecular complexity index is 1190. The van der Waals surface area contributed by atoms with Gasteiger partial charge in [-0.25, -0.2) is 4.39 Å². The SMILES string of the molecule is Cc1c(CC(=O)NC(C)CC(=O)O)c2cc(O)c(F)cc2n1C(=O)c1ccc(Cl)cc1. The standard InChI is InChI=1S/C22H20ClFN2O5/c1-11(7-21(29)30)25-20(28)9-15-12(2)26(18-10-17(24)19(27)8-16(15)18)22(31)13-3-5-14(23)6-4-13/h3-6,8,10-11,27H,7,9H2,1-2H3,(H,25,28)(H,29,30). The molecule has 0 radical (unpaired) electrons. The third-order valence-corrected chi connectivity index (χ3v) is 5.18. The number of rotatable bonds is 6. The first kappa shape index (κ1) is 22.3. The maximum Gasteiger partial charge on any atom is 0.305 e. The number of aromatic hydroxyl groups is 1. The lowest BCUT2D eigenvalue weighted by molar-refractivity contribution is -0.137. The summed E-state index contributed by atoms with van der Waals surface area (Å²) in [5.74, 6) is -3.46. The van der Waals surface area contributed by atoms with E-state index in [0.717, 1.165) is 6.07 Å². The highest BCUT2D eigenvalue weighted by atomic mass is 35.5. The second kappa shape index (κ2) is 8.77. The molecule has 0 aliphatic rings. The van der Waals surface area contributed by atoms with Crippen LogP contribution in [-0.4, -0.2) is 38.6 Å². The number of nitrogens with zero attached hydrogens (tertiary/aromatic N) is 1. The average Bonchev–Trinajstić information content (AvgIpc) is 2.92. The third kappa shape index (κ3) is 4.69. The molecule has 0 spiro atoms. The number of phenolic OH excluding ortho intramolecular Hbond substituents is 1. The summed E-state index contributed by atoms with van der Waals surface area (Å²) in [6.45, 7) is 3.18. The van der Waals surface area contributed by atoms with Gasteiger partial charge >= 0.3 is 5.97 Å². The van der Waals surface area contributed by atoms with Crippen LogP contribution < -0.4 is 5.32 Å². The zero-order chi connectivity index (χ0) is 22.9. The van der Waals surface area contributed by atoms with Gasteiger partial charge in [0.2, 0.25) is 5.91 Å². The van der Waals surface area contributed by atoms with E-state index >= 15 is 0 Å². The molecule has 0 saturated heterocycles. The molecule has 2 aromatic carbocycles. The van der Waals surface area contributed by atoms with Crippen LogP contribution in [0.25, 0.3) is 10.9 Å². The first-order valence-corrected chi connectivity index (χ1v) is 9.80. The van der Waals surface area contributed by atoms with Gasteiger partial charge in [0, 0.05) is 33.8 Å². The molecule has 31 heavy (non-hydrogen) atoms. The summed E-state index contributed by atoms with van der Waals surface area (Å²) in [5, 5.41) is 22.1. The van der Waals surface area contributed by atoms with E-state index < -0.39 is 35.4 Å². The molecule has 1 atom stereocenters. The third-order valence-electron chi connectivity index (χ3n) is 4.92. The Kier molecular flexibility index (Phi) is 6.31. The van der Waals surface area contributed by atoms with E-state index in [-0.39, 0.29) is 18.4 Å². The van der Waals surface area contributed by atoms with Crippen LogP contribution in [0.4, 0.5) is 4.39 Å². The van der Waals surface area contributed by atoms with Gasteiger partial charge in [0.15, 0.2) is 11.6 Å². The summed E-state index contributed by atoms with van der Waals surface area (Å²) in [4.78, 5) is 36.5. The summed E-state index contributed by atoms with van der Waals surface area (Å²) in [5.41, 5.74) is 1.34. The predicted octanol–water partition coefficient (Wildman–Crippen LogP) is 3.66. The maximum absolute atomic E-state index is 14.1. The number of aliphatic carboxylic acids is 1. The lowest BCUT2D eigenvalue weighted by Crippen LogP contribution is -2.35. The molecule has 7 nitrogen and oxygen atoms in total. The minimum atomic E-state index is -1.05. The topological polar surface area (TPSA) is 109 Å². The molecular weight excluding hydrogens is 427 g/mol. The van der Waals surface area contributed by atoms with Gasteiger partial charge in [0.05, 0.1) is 18.4 Å². The lowest BCUT2D eigenvalue weighted by atomic mass is 10.1. The van der Waals surface area contributed by atoms with Gasteiger partial charge < -0.3 is 15.5 Å². The average molecular weight is 447 g/mol. The van der Waals surface area contributed by atoms with Gasteiger partial charge in [0.25, 0.3) is 5.91 Å². The molecule has 3 rings (SSSR count). The number of amides is 1. The van der Waals surface area contributed by atoms with E-state index in [1.807, 2.05) is 0 Å². The first-order valence-electron chi connectivity index (χ1n) is 9.42. The van der Waals surface area contributed by atoms with Crippen LogP contribution in [0.5, 0.6) is 5.75 Å². The summed E-state index contributed by atoms with van der Waals surface area (Å²) < 4.78 is 15.4. The van der Waals surface area contributed by atoms with Crippen LogP contribution in [0.15, 0.2) is 36.4 Å². The number of benzene rings is 2. The predicted molar refractivity (Wildman–Crippen MR) is 113 cm³/mol. The summed E-state index contributed by atoms with van der Waals surface area (Å²) >= 11 is 5.88. The summed E-state index contributed by atoms with van der Waals surface area (Å²) in [6.07, 6.45) is -0.425. The minimum absolute atomic E-state index is 0.182. The molecule has 3 N–H and O–H groups in total. The van der Waals surface area contributed by atoms with Crippen molar-refractivity contribution in [1.29, 1.82) is 0 Å². The van der Waals surface area contributed by atoms with Crippen molar-refractivity contribution in [3.8, 4) is 5.75 Å². The van der Waals surface area contributed by atoms with E-state index in [1.165, 1.54) is 22.8 Å². The zero-order valence-electron chi connectivity index (χ0n) is 16.8. The molecule has 3 aromatic rings. The van der Waals surface area contributed by atoms with Crippen molar-refractivity contribution in [2.24, 2.45) is 0 Å². The second-order valence-corrected chi connectivity index (χ2v) is 7.71. The van der Waals surface area contributed by atoms with E-state index in [1.54, 1.807) is 26.0 Å². The van der Waals surface area contributed by atoms with E-state index in [2.05, 4.69) is 5.32 Å². The Morgan fingerprint density at radius 2 is 1.84 bits per heavy atom. The number of halogens is 2. The number of phenols is 1. The number of carboxylic acid groups (broad SMARTS) is 1. The molecule has 9 heteroatoms. The molecule has 1 amide bonds. The second-order valence-electron chi connectivity index (χ2n) is 7.28. The van der Waals surface area contributed by atoms with Crippen molar-refractivity contribution in [2.45, 2.75) is 32.7 Å². The number of nitrogens with one attached hydrogen (secondary N) is 1. The Balaban J connectivity index is 2.06. The highest BCUT2D eigenvalue weighted by Gasteiger charge is 2.23. The van der Waals surface area contributed by atoms with E-state index in [9.17, 15) is 23.9 Å². The molecule has 0 saturated carbocycles. The number of hydrogen-bond acceptors (Lipinski definition) is 4. The number of carbonyl (C=O) groups excluding carboxylic acids is 2. The van der Waals surface area contributed by atoms with Crippen molar-refractivity contribution in [3.05, 3.63) is 64.1 Å². The fraction of sp³-hybridized carbons (Fsp3) is 0.227. The fourth-order valence-electron chi connectivity index (χ4n) is 3.49. The van der Waals surface area contributed by atoms with Crippen molar-refractivity contribution < 1.29 is 29.0 Å². The van der Waals surface area contributed by atoms with Crippen LogP contribution in [0.2, 0.25) is 5.02 Å². The molecule has 162 valence electrons. The Morgan fingerprint density at radius 3 is 2.45 bits per heavy atom. The van der Waals surface area contributed by atoms with Gasteiger partial charge in [-0.2, -0.15) is 0 Å². The Hall–Kier alpha value is -3.39. The van der Waals surface area contributed by atoms with Gasteiger partial charge in [0.1, 0.15) is 0 Å². The number of carbonyl (C=O) groups is 3. The maximum atomic E-state index is 14.1. The molecular formula is C22H20ClFN2O5. The highest BCUT2D eigenvalue weighted by molar-refractivity contribution is 6.30. The van der Waals surface area contributed by atoms with Crippen LogP contribution >= 0.6 is 11.6 Å². The number of carboxylic acids is 1. The van der Waals surface area contributed by atoms with Crippen molar-refractivity contribution in [2.75, 3.05) is 0 Å². The molecule has 1 heterocycles. The van der Waals surface area contributed by atoms with Crippen LogP contribution in [0.3, 0.4) is 0 Å². The Morgan fingerprint density at radius 1 is 1.19 bits per heavy atom. The fourth-order valence-corrected chi connectivity index (χ4v) is 3.62. The van der Waals surface area contributed by atoms with Gasteiger partial charge in [-0.15, -0.1) is 0 Å². The summed E-state index contributed by atoms with van der Waals surface area (Å²) in [7, 11) is 0. The monoisotopic (exact) mass is 446 g/mol. The smallest absolute Gasteiger partial charge is 0.305 e. The normalized spacial score (nSPS) is 12.0.